The molecule has 0 spiro atoms. The van der Waals surface area contributed by atoms with Crippen molar-refractivity contribution in [3.8, 4) is 0 Å². The van der Waals surface area contributed by atoms with Gasteiger partial charge in [0.2, 0.25) is 5.91 Å². The first-order valence-corrected chi connectivity index (χ1v) is 3.87. The third kappa shape index (κ3) is 3.68. The van der Waals surface area contributed by atoms with Gasteiger partial charge in [0, 0.05) is 13.6 Å². The molecule has 0 bridgehead atoms. The van der Waals surface area contributed by atoms with E-state index in [4.69, 9.17) is 0 Å². The van der Waals surface area contributed by atoms with Gasteiger partial charge in [-0.05, 0) is 20.8 Å². The molecule has 13 heavy (non-hydrogen) atoms. The summed E-state index contributed by atoms with van der Waals surface area (Å²) in [7, 11) is 0. The molecule has 1 N–H and O–H groups in total. The Morgan fingerprint density at radius 2 is 1.85 bits per heavy atom. The number of nitrogens with one attached hydrogen (secondary N) is 1. The number of hydrogen-bond donors (Lipinski definition) is 1. The molecule has 0 fully saturated rings. The van der Waals surface area contributed by atoms with Crippen LogP contribution < -0.4 is 5.32 Å². The van der Waals surface area contributed by atoms with Gasteiger partial charge in [-0.2, -0.15) is 5.10 Å². The highest BCUT2D eigenvalue weighted by atomic mass is 16.2. The van der Waals surface area contributed by atoms with Gasteiger partial charge < -0.3 is 0 Å². The second-order valence-electron chi connectivity index (χ2n) is 3.61. The number of rotatable bonds is 1. The van der Waals surface area contributed by atoms with Crippen LogP contribution in [0.15, 0.2) is 5.10 Å². The maximum atomic E-state index is 11.3. The van der Waals surface area contributed by atoms with Gasteiger partial charge in [-0.1, -0.05) is 0 Å². The Kier molecular flexibility index (Phi) is 3.59. The Bertz CT molecular complexity index is 230. The average molecular weight is 185 g/mol. The lowest BCUT2D eigenvalue weighted by atomic mass is 10.1. The minimum Gasteiger partial charge on any atom is -0.277 e. The molecule has 5 heteroatoms. The van der Waals surface area contributed by atoms with E-state index in [-0.39, 0.29) is 0 Å². The van der Waals surface area contributed by atoms with Crippen molar-refractivity contribution in [2.24, 2.45) is 5.10 Å². The lowest BCUT2D eigenvalue weighted by molar-refractivity contribution is -0.118. The van der Waals surface area contributed by atoms with Crippen LogP contribution in [0.4, 0.5) is 4.79 Å². The van der Waals surface area contributed by atoms with E-state index >= 15 is 0 Å². The predicted molar refractivity (Wildman–Crippen MR) is 50.4 cm³/mol. The molecule has 0 aliphatic heterocycles. The molecule has 0 unspecified atom stereocenters. The number of hydrazone groups is 1. The third-order valence-corrected chi connectivity index (χ3v) is 1.25. The summed E-state index contributed by atoms with van der Waals surface area (Å²) in [5, 5.41) is 6.77. The normalized spacial score (nSPS) is 10.5. The van der Waals surface area contributed by atoms with Crippen LogP contribution in [0.3, 0.4) is 0 Å². The molecule has 74 valence electrons. The summed E-state index contributed by atoms with van der Waals surface area (Å²) in [6.07, 6.45) is 0. The van der Waals surface area contributed by atoms with E-state index < -0.39 is 17.5 Å². The molecule has 0 rings (SSSR count). The highest BCUT2D eigenvalue weighted by molar-refractivity contribution is 5.93. The fraction of sp³-hybridized carbons (Fsp3) is 0.625. The Morgan fingerprint density at radius 3 is 2.08 bits per heavy atom. The van der Waals surface area contributed by atoms with Crippen LogP contribution in [0.1, 0.15) is 27.7 Å². The molecule has 0 aromatic heterocycles. The number of nitrogens with zero attached hydrogens (tertiary/aromatic N) is 2. The van der Waals surface area contributed by atoms with Crippen molar-refractivity contribution in [1.29, 1.82) is 0 Å². The zero-order chi connectivity index (χ0) is 10.6. The Hall–Kier alpha value is -1.39. The fourth-order valence-corrected chi connectivity index (χ4v) is 0.785. The molecular formula is C8H15N3O2. The molecule has 0 saturated carbocycles. The summed E-state index contributed by atoms with van der Waals surface area (Å²) >= 11 is 0. The first-order chi connectivity index (χ1) is 5.79. The minimum absolute atomic E-state index is 0.414. The van der Waals surface area contributed by atoms with Gasteiger partial charge in [0.05, 0.1) is 5.54 Å². The Labute approximate surface area is 77.8 Å². The second kappa shape index (κ2) is 4.02. The first kappa shape index (κ1) is 11.6. The lowest BCUT2D eigenvalue weighted by Gasteiger charge is -2.29. The van der Waals surface area contributed by atoms with E-state index in [1.165, 1.54) is 6.92 Å². The summed E-state index contributed by atoms with van der Waals surface area (Å²) in [4.78, 5) is 21.9. The summed E-state index contributed by atoms with van der Waals surface area (Å²) in [6, 6.07) is -0.560. The van der Waals surface area contributed by atoms with E-state index in [9.17, 15) is 9.59 Å². The van der Waals surface area contributed by atoms with Gasteiger partial charge in [0.25, 0.3) is 0 Å². The standard InChI is InChI=1S/C8H15N3O2/c1-6(12)10-7(13)11(9-5)8(2,3)4/h5H2,1-4H3,(H,10,12,13). The molecule has 0 radical (unpaired) electrons. The van der Waals surface area contributed by atoms with Gasteiger partial charge in [-0.25, -0.2) is 9.80 Å². The SMILES string of the molecule is C=NN(C(=O)NC(C)=O)C(C)(C)C. The van der Waals surface area contributed by atoms with Gasteiger partial charge in [0.15, 0.2) is 0 Å². The number of urea groups is 1. The summed E-state index contributed by atoms with van der Waals surface area (Å²) in [5.74, 6) is -0.414. The van der Waals surface area contributed by atoms with Crippen LogP contribution in [0.2, 0.25) is 0 Å². The smallest absolute Gasteiger partial charge is 0.277 e. The van der Waals surface area contributed by atoms with Crippen LogP contribution in [-0.4, -0.2) is 29.2 Å². The molecule has 0 aromatic rings. The molecule has 0 saturated heterocycles. The van der Waals surface area contributed by atoms with E-state index in [0.29, 0.717) is 0 Å². The zero-order valence-electron chi connectivity index (χ0n) is 8.42. The number of hydrogen-bond acceptors (Lipinski definition) is 3. The molecule has 0 atom stereocenters. The van der Waals surface area contributed by atoms with Crippen molar-refractivity contribution in [3.05, 3.63) is 0 Å². The van der Waals surface area contributed by atoms with Gasteiger partial charge in [0.1, 0.15) is 0 Å². The monoisotopic (exact) mass is 185 g/mol. The van der Waals surface area contributed by atoms with E-state index in [0.717, 1.165) is 5.01 Å². The molecule has 0 aliphatic rings. The number of amides is 3. The highest BCUT2D eigenvalue weighted by Gasteiger charge is 2.26. The zero-order valence-corrected chi connectivity index (χ0v) is 8.42. The molecule has 0 aromatic carbocycles. The number of carbonyl (C=O) groups is 2. The van der Waals surface area contributed by atoms with Crippen molar-refractivity contribution >= 4 is 18.7 Å². The summed E-state index contributed by atoms with van der Waals surface area (Å²) in [6.45, 7) is 9.90. The van der Waals surface area contributed by atoms with Gasteiger partial charge in [-0.3, -0.25) is 10.1 Å². The molecular weight excluding hydrogens is 170 g/mol. The van der Waals surface area contributed by atoms with Crippen molar-refractivity contribution in [2.75, 3.05) is 0 Å². The molecule has 0 aliphatic carbocycles. The summed E-state index contributed by atoms with van der Waals surface area (Å²) in [5.41, 5.74) is -0.485. The second-order valence-corrected chi connectivity index (χ2v) is 3.61. The van der Waals surface area contributed by atoms with Gasteiger partial charge in [-0.15, -0.1) is 0 Å². The topological polar surface area (TPSA) is 61.8 Å². The largest absolute Gasteiger partial charge is 0.344 e. The minimum atomic E-state index is -0.560. The van der Waals surface area contributed by atoms with E-state index in [2.05, 4.69) is 17.1 Å². The lowest BCUT2D eigenvalue weighted by Crippen LogP contribution is -2.48. The number of imide groups is 1. The van der Waals surface area contributed by atoms with Crippen LogP contribution in [0.25, 0.3) is 0 Å². The van der Waals surface area contributed by atoms with Crippen LogP contribution in [-0.2, 0) is 4.79 Å². The van der Waals surface area contributed by atoms with Crippen LogP contribution in [0.5, 0.6) is 0 Å². The molecule has 5 nitrogen and oxygen atoms in total. The quantitative estimate of drug-likeness (QED) is 0.488. The van der Waals surface area contributed by atoms with Crippen molar-refractivity contribution in [2.45, 2.75) is 33.2 Å². The fourth-order valence-electron chi connectivity index (χ4n) is 0.785. The van der Waals surface area contributed by atoms with Crippen molar-refractivity contribution in [1.82, 2.24) is 10.3 Å². The van der Waals surface area contributed by atoms with Crippen molar-refractivity contribution in [3.63, 3.8) is 0 Å². The number of carbonyl (C=O) groups excluding carboxylic acids is 2. The van der Waals surface area contributed by atoms with Gasteiger partial charge >= 0.3 is 6.03 Å². The van der Waals surface area contributed by atoms with Crippen LogP contribution in [0, 0.1) is 0 Å². The maximum absolute atomic E-state index is 11.3. The Morgan fingerprint density at radius 1 is 1.38 bits per heavy atom. The van der Waals surface area contributed by atoms with Crippen LogP contribution >= 0.6 is 0 Å². The van der Waals surface area contributed by atoms with E-state index in [1.807, 2.05) is 0 Å². The summed E-state index contributed by atoms with van der Waals surface area (Å²) < 4.78 is 0. The third-order valence-electron chi connectivity index (χ3n) is 1.25. The van der Waals surface area contributed by atoms with Crippen molar-refractivity contribution < 1.29 is 9.59 Å². The molecule has 3 amide bonds. The predicted octanol–water partition coefficient (Wildman–Crippen LogP) is 0.959. The van der Waals surface area contributed by atoms with E-state index in [1.54, 1.807) is 20.8 Å². The molecule has 0 heterocycles. The maximum Gasteiger partial charge on any atom is 0.344 e. The first-order valence-electron chi connectivity index (χ1n) is 3.87. The Balaban J connectivity index is 4.51. The highest BCUT2D eigenvalue weighted by Crippen LogP contribution is 2.12. The average Bonchev–Trinajstić information content (AvgIpc) is 1.82.